The second-order valence-electron chi connectivity index (χ2n) is 4.18. The fraction of sp³-hybridized carbons (Fsp3) is 0.417. The summed E-state index contributed by atoms with van der Waals surface area (Å²) in [7, 11) is 0. The zero-order valence-electron chi connectivity index (χ0n) is 8.78. The number of ether oxygens (including phenoxy) is 1. The van der Waals surface area contributed by atoms with Gasteiger partial charge in [0, 0.05) is 5.02 Å². The molecule has 1 saturated carbocycles. The molecule has 0 amide bonds. The molecule has 0 saturated heterocycles. The van der Waals surface area contributed by atoms with Crippen molar-refractivity contribution in [2.24, 2.45) is 5.41 Å². The molecular formula is C12H13ClO3. The fourth-order valence-corrected chi connectivity index (χ4v) is 1.90. The lowest BCUT2D eigenvalue weighted by molar-refractivity contribution is -0.157. The van der Waals surface area contributed by atoms with Gasteiger partial charge in [0.2, 0.25) is 0 Å². The van der Waals surface area contributed by atoms with Gasteiger partial charge in [0.15, 0.2) is 0 Å². The SMILES string of the molecule is O=C(O)C1(COc2ccc(Cl)cc2)CCC1. The highest BCUT2D eigenvalue weighted by molar-refractivity contribution is 6.30. The van der Waals surface area contributed by atoms with E-state index in [1.54, 1.807) is 24.3 Å². The van der Waals surface area contributed by atoms with Crippen LogP contribution < -0.4 is 4.74 Å². The van der Waals surface area contributed by atoms with E-state index in [1.807, 2.05) is 0 Å². The number of carbonyl (C=O) groups is 1. The van der Waals surface area contributed by atoms with Crippen LogP contribution in [0, 0.1) is 5.41 Å². The van der Waals surface area contributed by atoms with E-state index in [-0.39, 0.29) is 6.61 Å². The van der Waals surface area contributed by atoms with Crippen molar-refractivity contribution in [1.82, 2.24) is 0 Å². The van der Waals surface area contributed by atoms with Crippen molar-refractivity contribution in [2.45, 2.75) is 19.3 Å². The molecule has 86 valence electrons. The zero-order valence-corrected chi connectivity index (χ0v) is 9.54. The van der Waals surface area contributed by atoms with Gasteiger partial charge in [-0.15, -0.1) is 0 Å². The van der Waals surface area contributed by atoms with Gasteiger partial charge in [-0.25, -0.2) is 0 Å². The van der Waals surface area contributed by atoms with Crippen LogP contribution in [0.25, 0.3) is 0 Å². The Balaban J connectivity index is 1.96. The number of benzene rings is 1. The van der Waals surface area contributed by atoms with Crippen molar-refractivity contribution in [2.75, 3.05) is 6.61 Å². The summed E-state index contributed by atoms with van der Waals surface area (Å²) < 4.78 is 5.49. The number of rotatable bonds is 4. The van der Waals surface area contributed by atoms with Crippen LogP contribution >= 0.6 is 11.6 Å². The zero-order chi connectivity index (χ0) is 11.6. The van der Waals surface area contributed by atoms with Crippen LogP contribution in [-0.2, 0) is 4.79 Å². The highest BCUT2D eigenvalue weighted by Gasteiger charge is 2.45. The molecule has 0 aromatic heterocycles. The maximum absolute atomic E-state index is 11.1. The van der Waals surface area contributed by atoms with E-state index in [4.69, 9.17) is 21.4 Å². The van der Waals surface area contributed by atoms with Crippen molar-refractivity contribution < 1.29 is 14.6 Å². The van der Waals surface area contributed by atoms with E-state index in [1.165, 1.54) is 0 Å². The van der Waals surface area contributed by atoms with Gasteiger partial charge in [-0.05, 0) is 37.1 Å². The van der Waals surface area contributed by atoms with E-state index in [9.17, 15) is 4.79 Å². The predicted octanol–water partition coefficient (Wildman–Crippen LogP) is 2.97. The Kier molecular flexibility index (Phi) is 3.06. The van der Waals surface area contributed by atoms with Crippen LogP contribution in [0.15, 0.2) is 24.3 Å². The molecular weight excluding hydrogens is 228 g/mol. The van der Waals surface area contributed by atoms with E-state index in [0.29, 0.717) is 23.6 Å². The fourth-order valence-electron chi connectivity index (χ4n) is 1.78. The third-order valence-corrected chi connectivity index (χ3v) is 3.35. The van der Waals surface area contributed by atoms with Crippen LogP contribution in [-0.4, -0.2) is 17.7 Å². The molecule has 4 heteroatoms. The predicted molar refractivity (Wildman–Crippen MR) is 60.9 cm³/mol. The number of aliphatic carboxylic acids is 1. The molecule has 1 N–H and O–H groups in total. The second kappa shape index (κ2) is 4.34. The Morgan fingerprint density at radius 1 is 1.38 bits per heavy atom. The van der Waals surface area contributed by atoms with Crippen molar-refractivity contribution >= 4 is 17.6 Å². The van der Waals surface area contributed by atoms with Gasteiger partial charge >= 0.3 is 5.97 Å². The smallest absolute Gasteiger partial charge is 0.313 e. The van der Waals surface area contributed by atoms with E-state index < -0.39 is 11.4 Å². The molecule has 0 heterocycles. The molecule has 0 bridgehead atoms. The van der Waals surface area contributed by atoms with Crippen LogP contribution in [0.2, 0.25) is 5.02 Å². The minimum atomic E-state index is -0.757. The minimum absolute atomic E-state index is 0.240. The minimum Gasteiger partial charge on any atom is -0.492 e. The lowest BCUT2D eigenvalue weighted by Gasteiger charge is -2.37. The first kappa shape index (κ1) is 11.3. The molecule has 1 aromatic rings. The summed E-state index contributed by atoms with van der Waals surface area (Å²) >= 11 is 5.74. The molecule has 0 spiro atoms. The van der Waals surface area contributed by atoms with Crippen LogP contribution in [0.1, 0.15) is 19.3 Å². The van der Waals surface area contributed by atoms with Crippen molar-refractivity contribution in [3.63, 3.8) is 0 Å². The Bertz CT molecular complexity index is 382. The summed E-state index contributed by atoms with van der Waals surface area (Å²) in [4.78, 5) is 11.1. The second-order valence-corrected chi connectivity index (χ2v) is 4.62. The topological polar surface area (TPSA) is 46.5 Å². The van der Waals surface area contributed by atoms with Crippen LogP contribution in [0.4, 0.5) is 0 Å². The van der Waals surface area contributed by atoms with Crippen molar-refractivity contribution in [3.8, 4) is 5.75 Å². The molecule has 2 rings (SSSR count). The number of carboxylic acids is 1. The van der Waals surface area contributed by atoms with Gasteiger partial charge in [-0.3, -0.25) is 4.79 Å². The van der Waals surface area contributed by atoms with Gasteiger partial charge < -0.3 is 9.84 Å². The molecule has 0 atom stereocenters. The summed E-state index contributed by atoms with van der Waals surface area (Å²) in [5.41, 5.74) is -0.667. The average molecular weight is 241 g/mol. The maximum atomic E-state index is 11.1. The quantitative estimate of drug-likeness (QED) is 0.880. The first-order chi connectivity index (χ1) is 7.62. The van der Waals surface area contributed by atoms with Crippen molar-refractivity contribution in [1.29, 1.82) is 0 Å². The van der Waals surface area contributed by atoms with Gasteiger partial charge in [-0.2, -0.15) is 0 Å². The van der Waals surface area contributed by atoms with Crippen molar-refractivity contribution in [3.05, 3.63) is 29.3 Å². The lowest BCUT2D eigenvalue weighted by Crippen LogP contribution is -2.43. The third kappa shape index (κ3) is 2.14. The maximum Gasteiger partial charge on any atom is 0.313 e. The molecule has 0 radical (unpaired) electrons. The van der Waals surface area contributed by atoms with Gasteiger partial charge in [-0.1, -0.05) is 18.0 Å². The Labute approximate surface area is 99.0 Å². The highest BCUT2D eigenvalue weighted by Crippen LogP contribution is 2.41. The first-order valence-electron chi connectivity index (χ1n) is 5.24. The molecule has 1 aliphatic rings. The molecule has 1 aromatic carbocycles. The Hall–Kier alpha value is -1.22. The number of hydrogen-bond donors (Lipinski definition) is 1. The molecule has 0 unspecified atom stereocenters. The van der Waals surface area contributed by atoms with E-state index in [2.05, 4.69) is 0 Å². The number of halogens is 1. The highest BCUT2D eigenvalue weighted by atomic mass is 35.5. The normalized spacial score (nSPS) is 17.6. The largest absolute Gasteiger partial charge is 0.492 e. The third-order valence-electron chi connectivity index (χ3n) is 3.09. The van der Waals surface area contributed by atoms with Crippen LogP contribution in [0.5, 0.6) is 5.75 Å². The summed E-state index contributed by atoms with van der Waals surface area (Å²) in [6, 6.07) is 6.95. The Morgan fingerprint density at radius 2 is 2.00 bits per heavy atom. The molecule has 1 fully saturated rings. The first-order valence-corrected chi connectivity index (χ1v) is 5.62. The summed E-state index contributed by atoms with van der Waals surface area (Å²) in [6.07, 6.45) is 2.38. The van der Waals surface area contributed by atoms with Gasteiger partial charge in [0.05, 0.1) is 0 Å². The molecule has 1 aliphatic carbocycles. The Morgan fingerprint density at radius 3 is 2.44 bits per heavy atom. The van der Waals surface area contributed by atoms with E-state index >= 15 is 0 Å². The lowest BCUT2D eigenvalue weighted by atomic mass is 9.69. The molecule has 0 aliphatic heterocycles. The molecule has 16 heavy (non-hydrogen) atoms. The summed E-state index contributed by atoms with van der Waals surface area (Å²) in [5.74, 6) is -0.0929. The standard InChI is InChI=1S/C12H13ClO3/c13-9-2-4-10(5-3-9)16-8-12(11(14)15)6-1-7-12/h2-5H,1,6-8H2,(H,14,15). The van der Waals surface area contributed by atoms with Crippen LogP contribution in [0.3, 0.4) is 0 Å². The van der Waals surface area contributed by atoms with Gasteiger partial charge in [0.1, 0.15) is 17.8 Å². The summed E-state index contributed by atoms with van der Waals surface area (Å²) in [5, 5.41) is 9.75. The monoisotopic (exact) mass is 240 g/mol. The molecule has 3 nitrogen and oxygen atoms in total. The average Bonchev–Trinajstić information content (AvgIpc) is 2.18. The number of carboxylic acid groups (broad SMARTS) is 1. The number of hydrogen-bond acceptors (Lipinski definition) is 2. The summed E-state index contributed by atoms with van der Waals surface area (Å²) in [6.45, 7) is 0.240. The van der Waals surface area contributed by atoms with Gasteiger partial charge in [0.25, 0.3) is 0 Å². The van der Waals surface area contributed by atoms with E-state index in [0.717, 1.165) is 6.42 Å².